The van der Waals surface area contributed by atoms with Crippen molar-refractivity contribution in [2.45, 2.75) is 277 Å². The van der Waals surface area contributed by atoms with E-state index < -0.39 is 97.5 Å². The molecular formula is C85H134O17P2. The number of carbonyl (C=O) groups excluding carboxylic acids is 4. The molecule has 0 aliphatic carbocycles. The molecule has 0 radical (unpaired) electrons. The zero-order valence-electron chi connectivity index (χ0n) is 63.9. The molecule has 104 heavy (non-hydrogen) atoms. The largest absolute Gasteiger partial charge is 0.472 e. The number of hydrogen-bond acceptors (Lipinski definition) is 15. The number of hydrogen-bond donors (Lipinski definition) is 3. The molecule has 0 saturated heterocycles. The van der Waals surface area contributed by atoms with Crippen LogP contribution in [0.4, 0.5) is 0 Å². The molecule has 0 saturated carbocycles. The van der Waals surface area contributed by atoms with Crippen molar-refractivity contribution in [1.29, 1.82) is 0 Å². The van der Waals surface area contributed by atoms with Gasteiger partial charge in [0.05, 0.1) is 26.4 Å². The summed E-state index contributed by atoms with van der Waals surface area (Å²) >= 11 is 0. The number of phosphoric acid groups is 2. The number of rotatable bonds is 70. The van der Waals surface area contributed by atoms with Crippen LogP contribution in [0, 0.1) is 0 Å². The van der Waals surface area contributed by atoms with Crippen LogP contribution in [0.2, 0.25) is 0 Å². The molecule has 0 fully saturated rings. The van der Waals surface area contributed by atoms with Gasteiger partial charge in [0.25, 0.3) is 0 Å². The highest BCUT2D eigenvalue weighted by Crippen LogP contribution is 2.45. The van der Waals surface area contributed by atoms with E-state index in [4.69, 9.17) is 37.0 Å². The summed E-state index contributed by atoms with van der Waals surface area (Å²) in [7, 11) is -10.0. The van der Waals surface area contributed by atoms with Crippen molar-refractivity contribution in [3.05, 3.63) is 194 Å². The lowest BCUT2D eigenvalue weighted by Crippen LogP contribution is -2.30. The highest BCUT2D eigenvalue weighted by Gasteiger charge is 2.30. The SMILES string of the molecule is CC/C=C\C/C=C\C/C=C\C/C=C\C/C=C\C/C=C\CCC(=O)OCC(COP(=O)(O)OCC(O)COP(=O)(O)OCC(COC(=O)CCCCCC/C=C\C/C=C\C/C=C\C/C=C\CC)OC(=O)CCCC/C=C\C/C=C\C/C=C\C/C=C\CC)OC(=O)CCCCCCC/C=C\C/C=C\CCC. The van der Waals surface area contributed by atoms with Gasteiger partial charge in [-0.15, -0.1) is 0 Å². The van der Waals surface area contributed by atoms with E-state index in [1.54, 1.807) is 0 Å². The topological polar surface area (TPSA) is 237 Å². The molecule has 0 aromatic carbocycles. The van der Waals surface area contributed by atoms with Gasteiger partial charge < -0.3 is 33.8 Å². The van der Waals surface area contributed by atoms with Gasteiger partial charge in [0, 0.05) is 25.7 Å². The summed E-state index contributed by atoms with van der Waals surface area (Å²) in [4.78, 5) is 72.9. The van der Waals surface area contributed by atoms with Crippen LogP contribution in [0.5, 0.6) is 0 Å². The van der Waals surface area contributed by atoms with Crippen molar-refractivity contribution in [2.24, 2.45) is 0 Å². The summed E-state index contributed by atoms with van der Waals surface area (Å²) in [6.45, 7) is 4.24. The van der Waals surface area contributed by atoms with Gasteiger partial charge in [0.2, 0.25) is 0 Å². The zero-order valence-corrected chi connectivity index (χ0v) is 65.6. The minimum Gasteiger partial charge on any atom is -0.462 e. The van der Waals surface area contributed by atoms with Crippen molar-refractivity contribution in [3.63, 3.8) is 0 Å². The van der Waals surface area contributed by atoms with E-state index in [1.807, 2.05) is 18.2 Å². The lowest BCUT2D eigenvalue weighted by atomic mass is 10.1. The van der Waals surface area contributed by atoms with Gasteiger partial charge in [-0.3, -0.25) is 37.3 Å². The number of ether oxygens (including phenoxy) is 4. The standard InChI is InChI=1S/C85H134O17P2/c1-5-9-13-17-21-25-29-33-36-38-39-41-44-47-50-54-58-62-66-70-83(88)95-75-80(101-84(89)71-67-63-59-55-51-45-32-28-24-20-16-12-8-4)77-99-103(91,92)97-73-79(86)74-98-104(93,94)100-78-81(102-85(90)72-68-64-60-56-52-48-42-35-31-27-23-19-15-11-7-3)76-96-82(87)69-65-61-57-53-49-46-43-40-37-34-30-26-22-18-14-10-6-2/h9-11,13-16,20-23,25-28,32-37,39,41-43,46-47,50,52,56,58,62,79-81,86H,5-8,12,17-19,24,29-31,38,40,44-45,48-49,51,53-55,57,59-61,63-78H2,1-4H3,(H,91,92)(H,93,94)/b13-9-,14-10-,15-11-,20-16-,25-21-,26-22-,27-23-,32-28-,36-33-,37-34-,41-39-,42-35-,46-43-,50-47-,56-52-,62-58-. The fraction of sp³-hybridized carbons (Fsp3) is 0.576. The Hall–Kier alpha value is -6.10. The zero-order chi connectivity index (χ0) is 76.0. The minimum atomic E-state index is -5.01. The number of aliphatic hydroxyl groups excluding tert-OH is 1. The Balaban J connectivity index is 5.50. The normalized spacial score (nSPS) is 15.0. The molecule has 0 spiro atoms. The maximum Gasteiger partial charge on any atom is 0.472 e. The molecule has 0 rings (SSSR count). The molecule has 5 atom stereocenters. The lowest BCUT2D eigenvalue weighted by Gasteiger charge is -2.21. The Kier molecular flexibility index (Phi) is 70.7. The fourth-order valence-electron chi connectivity index (χ4n) is 9.26. The van der Waals surface area contributed by atoms with Crippen LogP contribution in [-0.4, -0.2) is 96.7 Å². The number of unbranched alkanes of at least 4 members (excludes halogenated alkanes) is 12. The molecule has 17 nitrogen and oxygen atoms in total. The summed E-state index contributed by atoms with van der Waals surface area (Å²) in [5.41, 5.74) is 0. The van der Waals surface area contributed by atoms with Crippen molar-refractivity contribution in [2.75, 3.05) is 39.6 Å². The van der Waals surface area contributed by atoms with Crippen molar-refractivity contribution in [3.8, 4) is 0 Å². The number of phosphoric ester groups is 2. The summed E-state index contributed by atoms with van der Waals surface area (Å²) in [6, 6.07) is 0. The van der Waals surface area contributed by atoms with E-state index in [-0.39, 0.29) is 25.7 Å². The first-order chi connectivity index (χ1) is 50.7. The number of aliphatic hydroxyl groups is 1. The predicted molar refractivity (Wildman–Crippen MR) is 426 cm³/mol. The van der Waals surface area contributed by atoms with Crippen LogP contribution in [0.1, 0.15) is 259 Å². The molecule has 5 unspecified atom stereocenters. The second-order valence-electron chi connectivity index (χ2n) is 24.8. The Labute approximate surface area is 627 Å². The first-order valence-corrected chi connectivity index (χ1v) is 41.7. The third-order valence-electron chi connectivity index (χ3n) is 15.0. The van der Waals surface area contributed by atoms with Crippen molar-refractivity contribution in [1.82, 2.24) is 0 Å². The first kappa shape index (κ1) is 97.9. The second-order valence-corrected chi connectivity index (χ2v) is 27.7. The van der Waals surface area contributed by atoms with Crippen LogP contribution in [0.25, 0.3) is 0 Å². The monoisotopic (exact) mass is 1490 g/mol. The van der Waals surface area contributed by atoms with Crippen LogP contribution < -0.4 is 0 Å². The number of allylic oxidation sites excluding steroid dienone is 32. The van der Waals surface area contributed by atoms with E-state index in [0.29, 0.717) is 38.5 Å². The lowest BCUT2D eigenvalue weighted by molar-refractivity contribution is -0.161. The molecule has 0 bridgehead atoms. The van der Waals surface area contributed by atoms with Crippen LogP contribution in [0.15, 0.2) is 194 Å². The molecule has 0 aliphatic rings. The number of esters is 4. The van der Waals surface area contributed by atoms with Crippen LogP contribution >= 0.6 is 15.6 Å². The summed E-state index contributed by atoms with van der Waals surface area (Å²) in [5, 5.41) is 10.6. The molecule has 0 aliphatic heterocycles. The van der Waals surface area contributed by atoms with Crippen molar-refractivity contribution >= 4 is 39.5 Å². The molecule has 19 heteroatoms. The molecule has 0 amide bonds. The second kappa shape index (κ2) is 75.1. The Morgan fingerprint density at radius 1 is 0.279 bits per heavy atom. The van der Waals surface area contributed by atoms with E-state index in [0.717, 1.165) is 167 Å². The summed E-state index contributed by atoms with van der Waals surface area (Å²) in [6.07, 6.45) is 91.5. The van der Waals surface area contributed by atoms with Crippen LogP contribution in [0.3, 0.4) is 0 Å². The van der Waals surface area contributed by atoms with E-state index in [1.165, 1.54) is 0 Å². The molecule has 586 valence electrons. The molecular weight excluding hydrogens is 1350 g/mol. The average Bonchev–Trinajstić information content (AvgIpc) is 0.939. The fourth-order valence-corrected chi connectivity index (χ4v) is 10.8. The maximum absolute atomic E-state index is 13.1. The van der Waals surface area contributed by atoms with Crippen molar-refractivity contribution < 1.29 is 80.2 Å². The quantitative estimate of drug-likeness (QED) is 0.0169. The van der Waals surface area contributed by atoms with E-state index in [2.05, 4.69) is 204 Å². The Morgan fingerprint density at radius 2 is 0.519 bits per heavy atom. The Bertz CT molecular complexity index is 2740. The van der Waals surface area contributed by atoms with Gasteiger partial charge in [0.1, 0.15) is 19.3 Å². The van der Waals surface area contributed by atoms with Gasteiger partial charge in [-0.05, 0) is 167 Å². The molecule has 0 aromatic heterocycles. The van der Waals surface area contributed by atoms with E-state index in [9.17, 15) is 43.2 Å². The van der Waals surface area contributed by atoms with Gasteiger partial charge in [0.15, 0.2) is 12.2 Å². The van der Waals surface area contributed by atoms with Gasteiger partial charge >= 0.3 is 39.5 Å². The van der Waals surface area contributed by atoms with Crippen LogP contribution in [-0.2, 0) is 65.4 Å². The highest BCUT2D eigenvalue weighted by atomic mass is 31.2. The summed E-state index contributed by atoms with van der Waals surface area (Å²) < 4.78 is 68.4. The molecule has 3 N–H and O–H groups in total. The third-order valence-corrected chi connectivity index (χ3v) is 16.9. The van der Waals surface area contributed by atoms with Gasteiger partial charge in [-0.1, -0.05) is 261 Å². The van der Waals surface area contributed by atoms with E-state index >= 15 is 0 Å². The maximum atomic E-state index is 13.1. The molecule has 0 heterocycles. The summed E-state index contributed by atoms with van der Waals surface area (Å²) in [5.74, 6) is -2.39. The Morgan fingerprint density at radius 3 is 0.846 bits per heavy atom. The van der Waals surface area contributed by atoms with Gasteiger partial charge in [-0.2, -0.15) is 0 Å². The first-order valence-electron chi connectivity index (χ1n) is 38.7. The third kappa shape index (κ3) is 74.2. The predicted octanol–water partition coefficient (Wildman–Crippen LogP) is 22.5. The highest BCUT2D eigenvalue weighted by molar-refractivity contribution is 7.47. The average molecular weight is 1490 g/mol. The van der Waals surface area contributed by atoms with Gasteiger partial charge in [-0.25, -0.2) is 9.13 Å². The smallest absolute Gasteiger partial charge is 0.462 e. The minimum absolute atomic E-state index is 0.0243. The molecule has 0 aromatic rings. The number of carbonyl (C=O) groups is 4.